The van der Waals surface area contributed by atoms with E-state index in [-0.39, 0.29) is 17.1 Å². The second-order valence-corrected chi connectivity index (χ2v) is 7.40. The van der Waals surface area contributed by atoms with Gasteiger partial charge in [-0.1, -0.05) is 35.6 Å². The Morgan fingerprint density at radius 2 is 2.26 bits per heavy atom. The molecule has 1 aromatic rings. The van der Waals surface area contributed by atoms with E-state index in [2.05, 4.69) is 5.32 Å². The summed E-state index contributed by atoms with van der Waals surface area (Å²) < 4.78 is 5.65. The minimum Gasteiger partial charge on any atom is -0.495 e. The second kappa shape index (κ2) is 7.99. The molecular formula is C15H17ClN2O3S2. The predicted octanol–water partition coefficient (Wildman–Crippen LogP) is 3.32. The molecule has 0 bridgehead atoms. The Balaban J connectivity index is 1.80. The summed E-state index contributed by atoms with van der Waals surface area (Å²) in [5.41, 5.74) is 0.609. The lowest BCUT2D eigenvalue weighted by molar-refractivity contribution is -0.126. The molecule has 1 atom stereocenters. The Hall–Kier alpha value is -1.31. The zero-order chi connectivity index (χ0) is 17.0. The maximum Gasteiger partial charge on any atom is 0.241 e. The summed E-state index contributed by atoms with van der Waals surface area (Å²) in [6, 6.07) is 5.05. The molecule has 1 saturated heterocycles. The van der Waals surface area contributed by atoms with Gasteiger partial charge in [0.15, 0.2) is 0 Å². The smallest absolute Gasteiger partial charge is 0.241 e. The van der Waals surface area contributed by atoms with Crippen LogP contribution in [-0.2, 0) is 9.59 Å². The summed E-state index contributed by atoms with van der Waals surface area (Å²) in [5.74, 6) is 0.434. The van der Waals surface area contributed by atoms with Crippen molar-refractivity contribution in [2.24, 2.45) is 0 Å². The Kier molecular flexibility index (Phi) is 6.26. The summed E-state index contributed by atoms with van der Waals surface area (Å²) in [7, 11) is 1.53. The van der Waals surface area contributed by atoms with Gasteiger partial charge in [0.05, 0.1) is 17.4 Å². The van der Waals surface area contributed by atoms with E-state index >= 15 is 0 Å². The van der Waals surface area contributed by atoms with Crippen LogP contribution in [0.1, 0.15) is 19.8 Å². The van der Waals surface area contributed by atoms with Crippen LogP contribution in [0.25, 0.3) is 0 Å². The molecule has 1 aromatic carbocycles. The van der Waals surface area contributed by atoms with Crippen molar-refractivity contribution < 1.29 is 14.3 Å². The number of benzene rings is 1. The molecule has 0 aliphatic carbocycles. The van der Waals surface area contributed by atoms with Crippen molar-refractivity contribution in [1.29, 1.82) is 0 Å². The zero-order valence-corrected chi connectivity index (χ0v) is 15.2. The number of carbonyl (C=O) groups excluding carboxylic acids is 2. The molecule has 1 aliphatic rings. The summed E-state index contributed by atoms with van der Waals surface area (Å²) in [4.78, 5) is 25.4. The number of rotatable bonds is 6. The Morgan fingerprint density at radius 1 is 1.52 bits per heavy atom. The molecule has 1 fully saturated rings. The van der Waals surface area contributed by atoms with Crippen LogP contribution >= 0.6 is 35.6 Å². The number of thiocarbonyl (C=S) groups is 1. The minimum atomic E-state index is -0.135. The first kappa shape index (κ1) is 18.0. The average Bonchev–Trinajstić information content (AvgIpc) is 2.73. The minimum absolute atomic E-state index is 0.0161. The van der Waals surface area contributed by atoms with Crippen molar-refractivity contribution in [2.75, 3.05) is 19.0 Å². The molecule has 5 nitrogen and oxygen atoms in total. The highest BCUT2D eigenvalue weighted by Crippen LogP contribution is 2.28. The molecule has 23 heavy (non-hydrogen) atoms. The summed E-state index contributed by atoms with van der Waals surface area (Å²) in [5, 5.41) is 3.08. The third-order valence-corrected chi connectivity index (χ3v) is 5.11. The van der Waals surface area contributed by atoms with E-state index in [9.17, 15) is 9.59 Å². The normalized spacial score (nSPS) is 17.5. The van der Waals surface area contributed by atoms with E-state index in [0.717, 1.165) is 0 Å². The molecule has 8 heteroatoms. The molecule has 1 aliphatic heterocycles. The van der Waals surface area contributed by atoms with Crippen molar-refractivity contribution in [2.45, 2.75) is 25.0 Å². The van der Waals surface area contributed by atoms with Crippen molar-refractivity contribution >= 4 is 57.4 Å². The van der Waals surface area contributed by atoms with Crippen LogP contribution in [0.4, 0.5) is 5.69 Å². The highest BCUT2D eigenvalue weighted by Gasteiger charge is 2.33. The van der Waals surface area contributed by atoms with Crippen LogP contribution in [0.15, 0.2) is 18.2 Å². The lowest BCUT2D eigenvalue weighted by atomic mass is 10.2. The van der Waals surface area contributed by atoms with Crippen molar-refractivity contribution in [3.63, 3.8) is 0 Å². The van der Waals surface area contributed by atoms with Gasteiger partial charge in [-0.15, -0.1) is 0 Å². The third-order valence-electron chi connectivity index (χ3n) is 3.33. The highest BCUT2D eigenvalue weighted by molar-refractivity contribution is 8.24. The molecule has 0 spiro atoms. The summed E-state index contributed by atoms with van der Waals surface area (Å²) in [6.07, 6.45) is 0.851. The van der Waals surface area contributed by atoms with Crippen LogP contribution in [0.2, 0.25) is 5.02 Å². The van der Waals surface area contributed by atoms with Crippen molar-refractivity contribution in [3.8, 4) is 5.75 Å². The molecule has 0 saturated carbocycles. The monoisotopic (exact) mass is 372 g/mol. The van der Waals surface area contributed by atoms with Gasteiger partial charge in [-0.05, 0) is 31.5 Å². The average molecular weight is 373 g/mol. The quantitative estimate of drug-likeness (QED) is 0.776. The predicted molar refractivity (Wildman–Crippen MR) is 97.2 cm³/mol. The fraction of sp³-hybridized carbons (Fsp3) is 0.400. The Bertz CT molecular complexity index is 639. The fourth-order valence-corrected chi connectivity index (χ4v) is 3.85. The summed E-state index contributed by atoms with van der Waals surface area (Å²) in [6.45, 7) is 2.30. The van der Waals surface area contributed by atoms with Crippen molar-refractivity contribution in [3.05, 3.63) is 23.2 Å². The van der Waals surface area contributed by atoms with Crippen LogP contribution < -0.4 is 10.1 Å². The number of methoxy groups -OCH3 is 1. The molecule has 0 radical (unpaired) electrons. The number of anilines is 1. The molecule has 2 rings (SSSR count). The maximum atomic E-state index is 12.0. The van der Waals surface area contributed by atoms with Gasteiger partial charge in [-0.2, -0.15) is 0 Å². The van der Waals surface area contributed by atoms with Crippen molar-refractivity contribution in [1.82, 2.24) is 4.90 Å². The molecule has 2 amide bonds. The molecular weight excluding hydrogens is 356 g/mol. The van der Waals surface area contributed by atoms with Crippen LogP contribution in [0.3, 0.4) is 0 Å². The van der Waals surface area contributed by atoms with Crippen LogP contribution in [0, 0.1) is 0 Å². The van der Waals surface area contributed by atoms with Gasteiger partial charge in [0.25, 0.3) is 0 Å². The van der Waals surface area contributed by atoms with E-state index in [1.54, 1.807) is 23.1 Å². The van der Waals surface area contributed by atoms with Gasteiger partial charge < -0.3 is 10.1 Å². The molecule has 124 valence electrons. The van der Waals surface area contributed by atoms with Gasteiger partial charge in [0, 0.05) is 18.7 Å². The topological polar surface area (TPSA) is 58.6 Å². The molecule has 0 aromatic heterocycles. The summed E-state index contributed by atoms with van der Waals surface area (Å²) >= 11 is 12.6. The number of ether oxygens (including phenoxy) is 1. The van der Waals surface area contributed by atoms with Gasteiger partial charge in [-0.25, -0.2) is 0 Å². The first-order valence-corrected chi connectivity index (χ1v) is 8.74. The Labute approximate surface area is 149 Å². The van der Waals surface area contributed by atoms with Gasteiger partial charge >= 0.3 is 0 Å². The standard InChI is InChI=1S/C15H17ClN2O3S2/c1-9-14(20)18(15(22)23-9)7-3-4-13(19)17-10-5-6-12(21-2)11(16)8-10/h5-6,8-9H,3-4,7H2,1-2H3,(H,17,19). The van der Waals surface area contributed by atoms with E-state index < -0.39 is 0 Å². The number of hydrogen-bond donors (Lipinski definition) is 1. The number of halogens is 1. The van der Waals surface area contributed by atoms with E-state index in [1.165, 1.54) is 18.9 Å². The zero-order valence-electron chi connectivity index (χ0n) is 12.8. The number of nitrogens with zero attached hydrogens (tertiary/aromatic N) is 1. The lowest BCUT2D eigenvalue weighted by Crippen LogP contribution is -2.32. The van der Waals surface area contributed by atoms with E-state index in [0.29, 0.717) is 40.2 Å². The Morgan fingerprint density at radius 3 is 2.83 bits per heavy atom. The number of amides is 2. The van der Waals surface area contributed by atoms with Crippen LogP contribution in [0.5, 0.6) is 5.75 Å². The largest absolute Gasteiger partial charge is 0.495 e. The van der Waals surface area contributed by atoms with Gasteiger partial charge in [0.1, 0.15) is 10.1 Å². The van der Waals surface area contributed by atoms with E-state index in [1.807, 2.05) is 6.92 Å². The second-order valence-electron chi connectivity index (χ2n) is 5.02. The van der Waals surface area contributed by atoms with E-state index in [4.69, 9.17) is 28.6 Å². The third kappa shape index (κ3) is 4.59. The molecule has 1 N–H and O–H groups in total. The maximum absolute atomic E-state index is 12.0. The first-order valence-electron chi connectivity index (χ1n) is 7.07. The van der Waals surface area contributed by atoms with Gasteiger partial charge in [0.2, 0.25) is 11.8 Å². The highest BCUT2D eigenvalue weighted by atomic mass is 35.5. The number of carbonyl (C=O) groups is 2. The molecule has 1 heterocycles. The first-order chi connectivity index (χ1) is 10.9. The number of hydrogen-bond acceptors (Lipinski definition) is 5. The fourth-order valence-electron chi connectivity index (χ4n) is 2.14. The van der Waals surface area contributed by atoms with Gasteiger partial charge in [-0.3, -0.25) is 14.5 Å². The number of nitrogens with one attached hydrogen (secondary N) is 1. The number of thioether (sulfide) groups is 1. The lowest BCUT2D eigenvalue weighted by Gasteiger charge is -2.14. The van der Waals surface area contributed by atoms with Crippen LogP contribution in [-0.4, -0.2) is 39.9 Å². The molecule has 1 unspecified atom stereocenters. The SMILES string of the molecule is COc1ccc(NC(=O)CCCN2C(=O)C(C)SC2=S)cc1Cl.